The van der Waals surface area contributed by atoms with Gasteiger partial charge in [-0.15, -0.1) is 0 Å². The molecule has 0 saturated carbocycles. The zero-order chi connectivity index (χ0) is 53.4. The summed E-state index contributed by atoms with van der Waals surface area (Å²) < 4.78 is 0. The van der Waals surface area contributed by atoms with E-state index in [1.165, 1.54) is 83.1 Å². The third-order valence-electron chi connectivity index (χ3n) is 16.3. The third kappa shape index (κ3) is 8.55. The van der Waals surface area contributed by atoms with Crippen molar-refractivity contribution in [3.8, 4) is 55.6 Å². The summed E-state index contributed by atoms with van der Waals surface area (Å²) in [6.07, 6.45) is 0. The lowest BCUT2D eigenvalue weighted by molar-refractivity contribution is 0.768. The summed E-state index contributed by atoms with van der Waals surface area (Å²) in [5, 5.41) is 2.39. The largest absolute Gasteiger partial charge is 0.311 e. The van der Waals surface area contributed by atoms with Gasteiger partial charge in [-0.25, -0.2) is 0 Å². The molecule has 0 aromatic heterocycles. The van der Waals surface area contributed by atoms with Crippen LogP contribution in [0.15, 0.2) is 322 Å². The van der Waals surface area contributed by atoms with Crippen LogP contribution in [-0.2, 0) is 5.41 Å². The van der Waals surface area contributed by atoms with E-state index in [0.717, 1.165) is 45.3 Å². The van der Waals surface area contributed by atoms with Crippen molar-refractivity contribution >= 4 is 44.9 Å². The smallest absolute Gasteiger partial charge is 0.0714 e. The molecule has 80 heavy (non-hydrogen) atoms. The normalized spacial score (nSPS) is 12.2. The van der Waals surface area contributed by atoms with Gasteiger partial charge in [0.2, 0.25) is 0 Å². The molecule has 0 heterocycles. The Kier molecular flexibility index (Phi) is 12.4. The van der Waals surface area contributed by atoms with Gasteiger partial charge in [-0.05, 0) is 168 Å². The Morgan fingerprint density at radius 3 is 1.15 bits per heavy atom. The molecule has 0 atom stereocenters. The molecule has 2 heteroatoms. The monoisotopic (exact) mass is 1020 g/mol. The van der Waals surface area contributed by atoms with E-state index in [4.69, 9.17) is 0 Å². The van der Waals surface area contributed by atoms with Crippen molar-refractivity contribution in [2.24, 2.45) is 0 Å². The summed E-state index contributed by atoms with van der Waals surface area (Å²) in [4.78, 5) is 4.81. The topological polar surface area (TPSA) is 6.48 Å². The first-order valence-electron chi connectivity index (χ1n) is 27.6. The van der Waals surface area contributed by atoms with E-state index in [2.05, 4.69) is 338 Å². The van der Waals surface area contributed by atoms with E-state index in [1.54, 1.807) is 0 Å². The van der Waals surface area contributed by atoms with Crippen LogP contribution in [0.1, 0.15) is 27.8 Å². The van der Waals surface area contributed by atoms with Crippen molar-refractivity contribution < 1.29 is 0 Å². The fourth-order valence-electron chi connectivity index (χ4n) is 12.5. The Hall–Kier alpha value is -10.3. The van der Waals surface area contributed by atoms with E-state index in [-0.39, 0.29) is 0 Å². The lowest BCUT2D eigenvalue weighted by atomic mass is 9.67. The van der Waals surface area contributed by atoms with Crippen molar-refractivity contribution in [2.75, 3.05) is 9.80 Å². The molecule has 13 aromatic rings. The number of benzene rings is 13. The van der Waals surface area contributed by atoms with Crippen LogP contribution in [0.2, 0.25) is 0 Å². The minimum absolute atomic E-state index is 0.553. The first-order valence-corrected chi connectivity index (χ1v) is 27.6. The van der Waals surface area contributed by atoms with Crippen molar-refractivity contribution in [1.82, 2.24) is 0 Å². The average Bonchev–Trinajstić information content (AvgIpc) is 4.01. The number of aryl methyl sites for hydroxylation is 1. The summed E-state index contributed by atoms with van der Waals surface area (Å²) in [5.74, 6) is 0. The first-order chi connectivity index (χ1) is 39.6. The summed E-state index contributed by atoms with van der Waals surface area (Å²) in [5.41, 5.74) is 24.4. The predicted molar refractivity (Wildman–Crippen MR) is 337 cm³/mol. The van der Waals surface area contributed by atoms with Crippen LogP contribution in [0.3, 0.4) is 0 Å². The molecule has 0 fully saturated rings. The minimum atomic E-state index is -0.553. The summed E-state index contributed by atoms with van der Waals surface area (Å²) >= 11 is 0. The molecule has 1 aliphatic carbocycles. The molecule has 0 aliphatic heterocycles. The van der Waals surface area contributed by atoms with Gasteiger partial charge in [-0.3, -0.25) is 0 Å². The quantitative estimate of drug-likeness (QED) is 0.120. The number of nitrogens with zero attached hydrogens (tertiary/aromatic N) is 2. The van der Waals surface area contributed by atoms with Gasteiger partial charge >= 0.3 is 0 Å². The van der Waals surface area contributed by atoms with E-state index in [1.807, 2.05) is 0 Å². The number of para-hydroxylation sites is 1. The lowest BCUT2D eigenvalue weighted by Crippen LogP contribution is -2.28. The standard InChI is InChI=1S/C78H56N2/c1-55-20-19-33-74-77(55)72-51-50-71(54-75(72)78(74,65-27-11-4-12-28-65)66-29-13-5-14-30-66)80(76-53-64-26-18-17-25-63(64)52-73(76)62-23-9-3-10-24-62)70-48-42-61(43-49-70)58-36-34-57(35-37-58)60-40-46-69(47-41-60)79(67-31-15-6-16-32-67)68-44-38-59(39-45-68)56-21-7-2-8-22-56/h2-54H,1H3. The fraction of sp³-hybridized carbons (Fsp3) is 0.0256. The van der Waals surface area contributed by atoms with Crippen LogP contribution in [0.5, 0.6) is 0 Å². The summed E-state index contributed by atoms with van der Waals surface area (Å²) in [6, 6.07) is 118. The van der Waals surface area contributed by atoms with Crippen molar-refractivity contribution in [2.45, 2.75) is 12.3 Å². The summed E-state index contributed by atoms with van der Waals surface area (Å²) in [6.45, 7) is 2.26. The van der Waals surface area contributed by atoms with Gasteiger partial charge in [-0.2, -0.15) is 0 Å². The molecule has 0 unspecified atom stereocenters. The van der Waals surface area contributed by atoms with Crippen molar-refractivity contribution in [3.63, 3.8) is 0 Å². The molecule has 14 rings (SSSR count). The van der Waals surface area contributed by atoms with Crippen molar-refractivity contribution in [3.05, 3.63) is 349 Å². The number of fused-ring (bicyclic) bond motifs is 4. The van der Waals surface area contributed by atoms with E-state index >= 15 is 0 Å². The van der Waals surface area contributed by atoms with E-state index < -0.39 is 5.41 Å². The van der Waals surface area contributed by atoms with Crippen LogP contribution in [0.4, 0.5) is 34.1 Å². The molecule has 2 nitrogen and oxygen atoms in total. The second-order valence-corrected chi connectivity index (χ2v) is 20.9. The molecule has 13 aromatic carbocycles. The van der Waals surface area contributed by atoms with Gasteiger partial charge in [0.05, 0.1) is 11.1 Å². The van der Waals surface area contributed by atoms with Crippen LogP contribution in [0.25, 0.3) is 66.4 Å². The van der Waals surface area contributed by atoms with E-state index in [9.17, 15) is 0 Å². The Bertz CT molecular complexity index is 4250. The Balaban J connectivity index is 0.845. The molecule has 0 saturated heterocycles. The molecule has 0 spiro atoms. The highest BCUT2D eigenvalue weighted by atomic mass is 15.1. The molecule has 0 N–H and O–H groups in total. The second-order valence-electron chi connectivity index (χ2n) is 20.9. The molecule has 378 valence electrons. The lowest BCUT2D eigenvalue weighted by Gasteiger charge is -2.35. The van der Waals surface area contributed by atoms with Crippen LogP contribution >= 0.6 is 0 Å². The highest BCUT2D eigenvalue weighted by Gasteiger charge is 2.47. The fourth-order valence-corrected chi connectivity index (χ4v) is 12.5. The predicted octanol–water partition coefficient (Wildman–Crippen LogP) is 21.1. The van der Waals surface area contributed by atoms with Gasteiger partial charge in [0, 0.05) is 34.0 Å². The number of hydrogen-bond acceptors (Lipinski definition) is 2. The Morgan fingerprint density at radius 1 is 0.250 bits per heavy atom. The maximum Gasteiger partial charge on any atom is 0.0714 e. The van der Waals surface area contributed by atoms with Gasteiger partial charge in [0.1, 0.15) is 0 Å². The molecule has 0 bridgehead atoms. The zero-order valence-electron chi connectivity index (χ0n) is 44.5. The molecular formula is C78H56N2. The van der Waals surface area contributed by atoms with Crippen molar-refractivity contribution in [1.29, 1.82) is 0 Å². The van der Waals surface area contributed by atoms with Gasteiger partial charge in [0.15, 0.2) is 0 Å². The first kappa shape index (κ1) is 48.1. The Labute approximate surface area is 469 Å². The van der Waals surface area contributed by atoms with Gasteiger partial charge < -0.3 is 9.80 Å². The van der Waals surface area contributed by atoms with Crippen LogP contribution in [0, 0.1) is 6.92 Å². The van der Waals surface area contributed by atoms with E-state index in [0.29, 0.717) is 0 Å². The maximum absolute atomic E-state index is 2.49. The SMILES string of the molecule is Cc1cccc2c1-c1ccc(N(c3ccc(-c4ccc(-c5ccc(N(c6ccccc6)c6ccc(-c7ccccc7)cc6)cc5)cc4)cc3)c3cc4ccccc4cc3-c3ccccc3)cc1C2(c1ccccc1)c1ccccc1. The number of hydrogen-bond donors (Lipinski definition) is 0. The Morgan fingerprint density at radius 2 is 0.637 bits per heavy atom. The number of anilines is 6. The zero-order valence-corrected chi connectivity index (χ0v) is 44.5. The molecular weight excluding hydrogens is 965 g/mol. The van der Waals surface area contributed by atoms with Crippen LogP contribution < -0.4 is 9.80 Å². The molecule has 1 aliphatic rings. The van der Waals surface area contributed by atoms with Gasteiger partial charge in [-0.1, -0.05) is 249 Å². The minimum Gasteiger partial charge on any atom is -0.311 e. The summed E-state index contributed by atoms with van der Waals surface area (Å²) in [7, 11) is 0. The highest BCUT2D eigenvalue weighted by Crippen LogP contribution is 2.58. The highest BCUT2D eigenvalue weighted by molar-refractivity contribution is 5.99. The van der Waals surface area contributed by atoms with Gasteiger partial charge in [0.25, 0.3) is 0 Å². The second kappa shape index (κ2) is 20.6. The van der Waals surface area contributed by atoms with Crippen LogP contribution in [-0.4, -0.2) is 0 Å². The number of rotatable bonds is 12. The molecule has 0 amide bonds. The average molecular weight is 1020 g/mol. The maximum atomic E-state index is 2.49. The third-order valence-corrected chi connectivity index (χ3v) is 16.3. The molecule has 0 radical (unpaired) electrons.